The third-order valence-corrected chi connectivity index (χ3v) is 4.80. The average molecular weight is 350 g/mol. The molecule has 0 saturated carbocycles. The van der Waals surface area contributed by atoms with Gasteiger partial charge < -0.3 is 14.5 Å². The smallest absolute Gasteiger partial charge is 0.224 e. The summed E-state index contributed by atoms with van der Waals surface area (Å²) < 4.78 is 2.06. The normalized spacial score (nSPS) is 13.7. The molecular weight excluding hydrogens is 328 g/mol. The van der Waals surface area contributed by atoms with Gasteiger partial charge in [-0.25, -0.2) is 9.97 Å². The molecule has 0 saturated heterocycles. The first-order valence-corrected chi connectivity index (χ1v) is 9.00. The summed E-state index contributed by atoms with van der Waals surface area (Å²) in [5, 5.41) is 0. The molecule has 0 atom stereocenters. The monoisotopic (exact) mass is 350 g/mol. The van der Waals surface area contributed by atoms with Crippen molar-refractivity contribution in [1.82, 2.24) is 29.4 Å². The molecular formula is C19H22N6O. The highest BCUT2D eigenvalue weighted by Gasteiger charge is 2.24. The first kappa shape index (κ1) is 16.5. The Bertz CT molecular complexity index is 898. The van der Waals surface area contributed by atoms with Crippen molar-refractivity contribution in [2.75, 3.05) is 6.54 Å². The largest absolute Gasteiger partial charge is 0.340 e. The number of hydrogen-bond acceptors (Lipinski definition) is 4. The lowest BCUT2D eigenvalue weighted by Gasteiger charge is -2.26. The zero-order chi connectivity index (χ0) is 17.9. The molecule has 1 aliphatic heterocycles. The summed E-state index contributed by atoms with van der Waals surface area (Å²) in [6.07, 6.45) is 9.42. The van der Waals surface area contributed by atoms with Gasteiger partial charge in [-0.1, -0.05) is 6.92 Å². The van der Waals surface area contributed by atoms with Crippen molar-refractivity contribution >= 4 is 5.91 Å². The first-order valence-electron chi connectivity index (χ1n) is 9.00. The van der Waals surface area contributed by atoms with Gasteiger partial charge in [-0.2, -0.15) is 0 Å². The van der Waals surface area contributed by atoms with Crippen molar-refractivity contribution in [3.8, 4) is 11.4 Å². The van der Waals surface area contributed by atoms with E-state index in [1.165, 1.54) is 0 Å². The van der Waals surface area contributed by atoms with Crippen LogP contribution >= 0.6 is 0 Å². The summed E-state index contributed by atoms with van der Waals surface area (Å²) in [7, 11) is 0. The second-order valence-corrected chi connectivity index (χ2v) is 6.46. The Kier molecular flexibility index (Phi) is 4.51. The molecule has 0 aromatic carbocycles. The Morgan fingerprint density at radius 2 is 2.27 bits per heavy atom. The van der Waals surface area contributed by atoms with Gasteiger partial charge in [0.05, 0.1) is 17.9 Å². The maximum absolute atomic E-state index is 12.6. The van der Waals surface area contributed by atoms with Gasteiger partial charge in [-0.15, -0.1) is 0 Å². The Morgan fingerprint density at radius 3 is 3.08 bits per heavy atom. The van der Waals surface area contributed by atoms with E-state index in [4.69, 9.17) is 0 Å². The number of amides is 1. The van der Waals surface area contributed by atoms with Crippen molar-refractivity contribution in [1.29, 1.82) is 0 Å². The van der Waals surface area contributed by atoms with Crippen LogP contribution in [0.25, 0.3) is 11.4 Å². The van der Waals surface area contributed by atoms with E-state index in [0.29, 0.717) is 26.1 Å². The molecule has 3 aromatic heterocycles. The number of imidazole rings is 2. The van der Waals surface area contributed by atoms with Crippen LogP contribution in [0.15, 0.2) is 36.9 Å². The van der Waals surface area contributed by atoms with Crippen LogP contribution < -0.4 is 0 Å². The lowest BCUT2D eigenvalue weighted by molar-refractivity contribution is -0.132. The fraction of sp³-hybridized carbons (Fsp3) is 0.368. The third-order valence-electron chi connectivity index (χ3n) is 4.80. The number of rotatable bonds is 5. The molecule has 1 aliphatic rings. The van der Waals surface area contributed by atoms with Crippen LogP contribution in [0.1, 0.15) is 30.6 Å². The van der Waals surface area contributed by atoms with E-state index in [0.717, 1.165) is 41.4 Å². The second kappa shape index (κ2) is 7.11. The Hall–Kier alpha value is -2.96. The summed E-state index contributed by atoms with van der Waals surface area (Å²) in [6.45, 7) is 4.06. The number of H-pyrrole nitrogens is 1. The van der Waals surface area contributed by atoms with Gasteiger partial charge in [-0.3, -0.25) is 9.78 Å². The zero-order valence-electron chi connectivity index (χ0n) is 14.9. The molecule has 7 heteroatoms. The lowest BCUT2D eigenvalue weighted by Crippen LogP contribution is -2.36. The number of pyridine rings is 1. The average Bonchev–Trinajstić information content (AvgIpc) is 3.32. The molecule has 1 amide bonds. The van der Waals surface area contributed by atoms with E-state index in [9.17, 15) is 4.79 Å². The highest BCUT2D eigenvalue weighted by Crippen LogP contribution is 2.22. The highest BCUT2D eigenvalue weighted by atomic mass is 16.2. The molecule has 0 unspecified atom stereocenters. The number of aromatic nitrogens is 5. The predicted octanol–water partition coefficient (Wildman–Crippen LogP) is 2.21. The van der Waals surface area contributed by atoms with Crippen LogP contribution in [-0.4, -0.2) is 41.9 Å². The summed E-state index contributed by atoms with van der Waals surface area (Å²) >= 11 is 0. The summed E-state index contributed by atoms with van der Waals surface area (Å²) in [5.41, 5.74) is 3.04. The Balaban J connectivity index is 1.41. The lowest BCUT2D eigenvalue weighted by atomic mass is 10.1. The number of aromatic amines is 1. The van der Waals surface area contributed by atoms with Crippen molar-refractivity contribution in [2.24, 2.45) is 0 Å². The van der Waals surface area contributed by atoms with E-state index in [1.54, 1.807) is 18.6 Å². The van der Waals surface area contributed by atoms with Crippen molar-refractivity contribution < 1.29 is 4.79 Å². The standard InChI is InChI=1S/C19H22N6O/c1-2-17-21-8-11-24(17)10-6-18(26)25-9-5-15-16(13-25)23-19(22-15)14-4-3-7-20-12-14/h3-4,7-8,11-12H,2,5-6,9-10,13H2,1H3,(H,22,23). The molecule has 26 heavy (non-hydrogen) atoms. The van der Waals surface area contributed by atoms with Crippen LogP contribution in [0.3, 0.4) is 0 Å². The molecule has 4 rings (SSSR count). The fourth-order valence-corrected chi connectivity index (χ4v) is 3.38. The Morgan fingerprint density at radius 1 is 1.35 bits per heavy atom. The van der Waals surface area contributed by atoms with Gasteiger partial charge in [-0.05, 0) is 12.1 Å². The zero-order valence-corrected chi connectivity index (χ0v) is 14.9. The van der Waals surface area contributed by atoms with Gasteiger partial charge >= 0.3 is 0 Å². The topological polar surface area (TPSA) is 79.7 Å². The molecule has 0 fully saturated rings. The van der Waals surface area contributed by atoms with Crippen LogP contribution in [-0.2, 0) is 30.7 Å². The fourth-order valence-electron chi connectivity index (χ4n) is 3.38. The SMILES string of the molecule is CCc1nccn1CCC(=O)N1CCc2nc(-c3cccnc3)[nH]c2C1. The number of nitrogens with zero attached hydrogens (tertiary/aromatic N) is 5. The second-order valence-electron chi connectivity index (χ2n) is 6.46. The van der Waals surface area contributed by atoms with E-state index in [1.807, 2.05) is 23.2 Å². The van der Waals surface area contributed by atoms with Crippen LogP contribution in [0.5, 0.6) is 0 Å². The minimum atomic E-state index is 0.170. The maximum Gasteiger partial charge on any atom is 0.224 e. The predicted molar refractivity (Wildman–Crippen MR) is 97.2 cm³/mol. The van der Waals surface area contributed by atoms with Crippen LogP contribution in [0.2, 0.25) is 0 Å². The van der Waals surface area contributed by atoms with Gasteiger partial charge in [0.2, 0.25) is 5.91 Å². The van der Waals surface area contributed by atoms with Crippen LogP contribution in [0.4, 0.5) is 0 Å². The summed E-state index contributed by atoms with van der Waals surface area (Å²) in [4.78, 5) is 31.0. The Labute approximate surface area is 152 Å². The minimum absolute atomic E-state index is 0.170. The number of nitrogens with one attached hydrogen (secondary N) is 1. The van der Waals surface area contributed by atoms with Gasteiger partial charge in [0.1, 0.15) is 11.6 Å². The first-order chi connectivity index (χ1) is 12.7. The van der Waals surface area contributed by atoms with Gasteiger partial charge in [0.25, 0.3) is 0 Å². The number of carbonyl (C=O) groups excluding carboxylic acids is 1. The minimum Gasteiger partial charge on any atom is -0.340 e. The number of carbonyl (C=O) groups is 1. The van der Waals surface area contributed by atoms with E-state index in [2.05, 4.69) is 31.4 Å². The molecule has 7 nitrogen and oxygen atoms in total. The van der Waals surface area contributed by atoms with Crippen LogP contribution in [0, 0.1) is 0 Å². The van der Waals surface area contributed by atoms with E-state index >= 15 is 0 Å². The molecule has 4 heterocycles. The van der Waals surface area contributed by atoms with Gasteiger partial charge in [0.15, 0.2) is 0 Å². The quantitative estimate of drug-likeness (QED) is 0.765. The number of aryl methyl sites for hydroxylation is 2. The molecule has 1 N–H and O–H groups in total. The van der Waals surface area contributed by atoms with Crippen molar-refractivity contribution in [2.45, 2.75) is 39.3 Å². The molecule has 0 bridgehead atoms. The van der Waals surface area contributed by atoms with E-state index in [-0.39, 0.29) is 5.91 Å². The highest BCUT2D eigenvalue weighted by molar-refractivity contribution is 5.76. The summed E-state index contributed by atoms with van der Waals surface area (Å²) in [5.74, 6) is 2.01. The number of fused-ring (bicyclic) bond motifs is 1. The van der Waals surface area contributed by atoms with E-state index < -0.39 is 0 Å². The summed E-state index contributed by atoms with van der Waals surface area (Å²) in [6, 6.07) is 3.88. The van der Waals surface area contributed by atoms with Crippen molar-refractivity contribution in [3.63, 3.8) is 0 Å². The van der Waals surface area contributed by atoms with Gasteiger partial charge in [0, 0.05) is 62.7 Å². The molecule has 0 spiro atoms. The number of hydrogen-bond donors (Lipinski definition) is 1. The molecule has 134 valence electrons. The molecule has 0 radical (unpaired) electrons. The third kappa shape index (κ3) is 3.24. The molecule has 0 aliphatic carbocycles. The van der Waals surface area contributed by atoms with Crippen molar-refractivity contribution in [3.05, 3.63) is 54.1 Å². The maximum atomic E-state index is 12.6. The molecule has 3 aromatic rings.